The Morgan fingerprint density at radius 2 is 1.89 bits per heavy atom. The lowest BCUT2D eigenvalue weighted by Crippen LogP contribution is -2.01. The summed E-state index contributed by atoms with van der Waals surface area (Å²) in [5.41, 5.74) is 9.54. The third kappa shape index (κ3) is 3.26. The van der Waals surface area contributed by atoms with E-state index in [9.17, 15) is 4.39 Å². The molecule has 19 heavy (non-hydrogen) atoms. The van der Waals surface area contributed by atoms with Crippen molar-refractivity contribution < 1.29 is 9.13 Å². The van der Waals surface area contributed by atoms with Crippen molar-refractivity contribution in [3.8, 4) is 5.75 Å². The van der Waals surface area contributed by atoms with Crippen LogP contribution in [0.25, 0.3) is 0 Å². The average Bonchev–Trinajstić information content (AvgIpc) is 2.32. The number of rotatable bonds is 3. The molecular formula is C15H15BrFNO. The highest BCUT2D eigenvalue weighted by atomic mass is 79.9. The number of aryl methyl sites for hydroxylation is 2. The predicted molar refractivity (Wildman–Crippen MR) is 78.8 cm³/mol. The second-order valence-electron chi connectivity index (χ2n) is 4.51. The number of benzene rings is 2. The van der Waals surface area contributed by atoms with Crippen LogP contribution in [0.3, 0.4) is 0 Å². The van der Waals surface area contributed by atoms with Crippen molar-refractivity contribution in [2.45, 2.75) is 20.5 Å². The molecule has 2 N–H and O–H groups in total. The molecule has 4 heteroatoms. The number of nitrogens with two attached hydrogens (primary N) is 1. The van der Waals surface area contributed by atoms with Crippen LogP contribution in [0.4, 0.5) is 10.1 Å². The van der Waals surface area contributed by atoms with Gasteiger partial charge < -0.3 is 10.5 Å². The zero-order valence-electron chi connectivity index (χ0n) is 10.8. The van der Waals surface area contributed by atoms with Crippen LogP contribution in [0.5, 0.6) is 5.75 Å². The van der Waals surface area contributed by atoms with E-state index in [1.165, 1.54) is 23.3 Å². The van der Waals surface area contributed by atoms with Gasteiger partial charge in [0.2, 0.25) is 0 Å². The van der Waals surface area contributed by atoms with E-state index in [-0.39, 0.29) is 11.5 Å². The normalized spacial score (nSPS) is 10.5. The Hall–Kier alpha value is -1.55. The molecule has 2 nitrogen and oxygen atoms in total. The minimum absolute atomic E-state index is 0.288. The zero-order chi connectivity index (χ0) is 14.0. The fourth-order valence-electron chi connectivity index (χ4n) is 1.78. The molecule has 100 valence electrons. The number of anilines is 1. The second kappa shape index (κ2) is 5.61. The van der Waals surface area contributed by atoms with Gasteiger partial charge in [0, 0.05) is 6.07 Å². The minimum atomic E-state index is -0.386. The van der Waals surface area contributed by atoms with E-state index < -0.39 is 0 Å². The average molecular weight is 324 g/mol. The van der Waals surface area contributed by atoms with Crippen molar-refractivity contribution in [1.29, 1.82) is 0 Å². The summed E-state index contributed by atoms with van der Waals surface area (Å²) in [7, 11) is 0. The molecule has 0 atom stereocenters. The van der Waals surface area contributed by atoms with Gasteiger partial charge in [-0.05, 0) is 52.5 Å². The van der Waals surface area contributed by atoms with Crippen LogP contribution in [0.15, 0.2) is 34.8 Å². The van der Waals surface area contributed by atoms with E-state index in [2.05, 4.69) is 41.9 Å². The van der Waals surface area contributed by atoms with E-state index in [0.29, 0.717) is 16.8 Å². The van der Waals surface area contributed by atoms with E-state index in [4.69, 9.17) is 10.5 Å². The summed E-state index contributed by atoms with van der Waals surface area (Å²) >= 11 is 3.25. The van der Waals surface area contributed by atoms with Crippen LogP contribution >= 0.6 is 15.9 Å². The summed E-state index contributed by atoms with van der Waals surface area (Å²) in [6.07, 6.45) is 0. The molecule has 2 aromatic carbocycles. The summed E-state index contributed by atoms with van der Waals surface area (Å²) < 4.78 is 19.3. The van der Waals surface area contributed by atoms with Crippen molar-refractivity contribution >= 4 is 21.6 Å². The maximum Gasteiger partial charge on any atom is 0.157 e. The van der Waals surface area contributed by atoms with Gasteiger partial charge >= 0.3 is 0 Å². The molecular weight excluding hydrogens is 309 g/mol. The van der Waals surface area contributed by atoms with Crippen LogP contribution in [0.2, 0.25) is 0 Å². The van der Waals surface area contributed by atoms with Crippen LogP contribution < -0.4 is 10.5 Å². The van der Waals surface area contributed by atoms with Crippen LogP contribution in [0, 0.1) is 19.7 Å². The van der Waals surface area contributed by atoms with E-state index >= 15 is 0 Å². The third-order valence-electron chi connectivity index (χ3n) is 2.99. The van der Waals surface area contributed by atoms with Crippen molar-refractivity contribution in [2.75, 3.05) is 5.73 Å². The van der Waals surface area contributed by atoms with E-state index in [0.717, 1.165) is 5.56 Å². The first-order valence-electron chi connectivity index (χ1n) is 5.91. The van der Waals surface area contributed by atoms with E-state index in [1.807, 2.05) is 6.07 Å². The molecule has 2 rings (SSSR count). The Bertz CT molecular complexity index is 590. The molecule has 0 heterocycles. The smallest absolute Gasteiger partial charge is 0.157 e. The van der Waals surface area contributed by atoms with Gasteiger partial charge in [0.15, 0.2) is 5.75 Å². The molecule has 0 saturated heterocycles. The van der Waals surface area contributed by atoms with Gasteiger partial charge in [-0.25, -0.2) is 4.39 Å². The van der Waals surface area contributed by atoms with Gasteiger partial charge in [-0.3, -0.25) is 0 Å². The Morgan fingerprint density at radius 3 is 2.53 bits per heavy atom. The molecule has 0 amide bonds. The van der Waals surface area contributed by atoms with Crippen molar-refractivity contribution in [2.24, 2.45) is 0 Å². The molecule has 0 fully saturated rings. The standard InChI is InChI=1S/C15H15BrFNO/c1-9-3-4-11(5-10(9)2)8-19-15-13(16)6-12(17)7-14(15)18/h3-7H,8,18H2,1-2H3. The SMILES string of the molecule is Cc1ccc(COc2c(N)cc(F)cc2Br)cc1C. The molecule has 0 aliphatic heterocycles. The predicted octanol–water partition coefficient (Wildman–Crippen LogP) is 4.37. The highest BCUT2D eigenvalue weighted by molar-refractivity contribution is 9.10. The summed E-state index contributed by atoms with van der Waals surface area (Å²) in [4.78, 5) is 0. The van der Waals surface area contributed by atoms with Crippen molar-refractivity contribution in [1.82, 2.24) is 0 Å². The Morgan fingerprint density at radius 1 is 1.16 bits per heavy atom. The van der Waals surface area contributed by atoms with Gasteiger partial charge in [-0.2, -0.15) is 0 Å². The van der Waals surface area contributed by atoms with Crippen molar-refractivity contribution in [3.63, 3.8) is 0 Å². The number of hydrogen-bond acceptors (Lipinski definition) is 2. The monoisotopic (exact) mass is 323 g/mol. The molecule has 2 aromatic rings. The summed E-state index contributed by atoms with van der Waals surface area (Å²) in [5.74, 6) is 0.0857. The van der Waals surface area contributed by atoms with Gasteiger partial charge in [0.05, 0.1) is 10.2 Å². The lowest BCUT2D eigenvalue weighted by atomic mass is 10.1. The molecule has 0 aliphatic carbocycles. The van der Waals surface area contributed by atoms with Crippen LogP contribution in [0.1, 0.15) is 16.7 Å². The molecule has 0 aliphatic rings. The number of ether oxygens (including phenoxy) is 1. The number of hydrogen-bond donors (Lipinski definition) is 1. The van der Waals surface area contributed by atoms with Crippen LogP contribution in [-0.4, -0.2) is 0 Å². The molecule has 0 saturated carbocycles. The highest BCUT2D eigenvalue weighted by Crippen LogP contribution is 2.33. The maximum atomic E-state index is 13.1. The summed E-state index contributed by atoms with van der Waals surface area (Å²) in [5, 5.41) is 0. The third-order valence-corrected chi connectivity index (χ3v) is 3.58. The fraction of sp³-hybridized carbons (Fsp3) is 0.200. The maximum absolute atomic E-state index is 13.1. The van der Waals surface area contributed by atoms with Gasteiger partial charge in [0.1, 0.15) is 12.4 Å². The first-order chi connectivity index (χ1) is 8.97. The van der Waals surface area contributed by atoms with Gasteiger partial charge in [-0.15, -0.1) is 0 Å². The minimum Gasteiger partial charge on any atom is -0.486 e. The number of halogens is 2. The zero-order valence-corrected chi connectivity index (χ0v) is 12.4. The lowest BCUT2D eigenvalue weighted by Gasteiger charge is -2.12. The largest absolute Gasteiger partial charge is 0.486 e. The first kappa shape index (κ1) is 13.9. The fourth-order valence-corrected chi connectivity index (χ4v) is 2.34. The molecule has 0 bridgehead atoms. The quantitative estimate of drug-likeness (QED) is 0.851. The summed E-state index contributed by atoms with van der Waals surface area (Å²) in [6, 6.07) is 8.72. The van der Waals surface area contributed by atoms with Gasteiger partial charge in [-0.1, -0.05) is 18.2 Å². The molecule has 0 aromatic heterocycles. The molecule has 0 unspecified atom stereocenters. The number of nitrogen functional groups attached to an aromatic ring is 1. The second-order valence-corrected chi connectivity index (χ2v) is 5.37. The van der Waals surface area contributed by atoms with Crippen LogP contribution in [-0.2, 0) is 6.61 Å². The molecule has 0 spiro atoms. The summed E-state index contributed by atoms with van der Waals surface area (Å²) in [6.45, 7) is 4.52. The van der Waals surface area contributed by atoms with Gasteiger partial charge in [0.25, 0.3) is 0 Å². The molecule has 0 radical (unpaired) electrons. The van der Waals surface area contributed by atoms with Crippen molar-refractivity contribution in [3.05, 3.63) is 57.3 Å². The Balaban J connectivity index is 2.16. The topological polar surface area (TPSA) is 35.2 Å². The van der Waals surface area contributed by atoms with E-state index in [1.54, 1.807) is 0 Å². The highest BCUT2D eigenvalue weighted by Gasteiger charge is 2.09. The first-order valence-corrected chi connectivity index (χ1v) is 6.70. The lowest BCUT2D eigenvalue weighted by molar-refractivity contribution is 0.305. The Labute approximate surface area is 120 Å². The Kier molecular flexibility index (Phi) is 4.10.